The fourth-order valence-corrected chi connectivity index (χ4v) is 2.29. The van der Waals surface area contributed by atoms with Crippen LogP contribution in [0.5, 0.6) is 0 Å². The lowest BCUT2D eigenvalue weighted by molar-refractivity contribution is -0.242. The molecule has 0 aromatic heterocycles. The number of halogens is 6. The summed E-state index contributed by atoms with van der Waals surface area (Å²) < 4.78 is 74.3. The Labute approximate surface area is 83.6 Å². The summed E-state index contributed by atoms with van der Waals surface area (Å²) in [4.78, 5) is 0. The zero-order chi connectivity index (χ0) is 11.9. The summed E-state index contributed by atoms with van der Waals surface area (Å²) in [6, 6.07) is 0. The minimum absolute atomic E-state index is 0.00130. The van der Waals surface area contributed by atoms with Crippen LogP contribution >= 0.6 is 0 Å². The van der Waals surface area contributed by atoms with E-state index in [-0.39, 0.29) is 19.3 Å². The monoisotopic (exact) mass is 234 g/mol. The maximum Gasteiger partial charge on any atom is 0.392 e. The molecule has 90 valence electrons. The Balaban J connectivity index is 2.81. The highest BCUT2D eigenvalue weighted by molar-refractivity contribution is 4.86. The van der Waals surface area contributed by atoms with Crippen LogP contribution in [0, 0.1) is 17.8 Å². The number of hydrogen-bond donors (Lipinski definition) is 0. The molecule has 1 fully saturated rings. The van der Waals surface area contributed by atoms with E-state index in [1.54, 1.807) is 0 Å². The van der Waals surface area contributed by atoms with E-state index in [9.17, 15) is 26.3 Å². The molecule has 0 amide bonds. The van der Waals surface area contributed by atoms with Gasteiger partial charge in [0.25, 0.3) is 0 Å². The number of hydrogen-bond acceptors (Lipinski definition) is 0. The first-order valence-electron chi connectivity index (χ1n) is 4.77. The molecule has 0 heterocycles. The third-order valence-electron chi connectivity index (χ3n) is 3.14. The quantitative estimate of drug-likeness (QED) is 0.552. The first-order valence-corrected chi connectivity index (χ1v) is 4.77. The van der Waals surface area contributed by atoms with Crippen LogP contribution in [0.25, 0.3) is 0 Å². The van der Waals surface area contributed by atoms with Gasteiger partial charge in [-0.25, -0.2) is 0 Å². The molecular weight excluding hydrogens is 222 g/mol. The highest BCUT2D eigenvalue weighted by Crippen LogP contribution is 2.49. The van der Waals surface area contributed by atoms with E-state index >= 15 is 0 Å². The molecule has 1 saturated carbocycles. The molecule has 0 aliphatic heterocycles. The molecule has 0 aromatic rings. The van der Waals surface area contributed by atoms with Crippen LogP contribution < -0.4 is 0 Å². The van der Waals surface area contributed by atoms with Crippen LogP contribution in [-0.4, -0.2) is 12.4 Å². The van der Waals surface area contributed by atoms with Gasteiger partial charge in [0.05, 0.1) is 11.8 Å². The number of alkyl halides is 6. The average molecular weight is 234 g/mol. The Morgan fingerprint density at radius 3 is 1.40 bits per heavy atom. The van der Waals surface area contributed by atoms with E-state index in [1.165, 1.54) is 0 Å². The van der Waals surface area contributed by atoms with Crippen LogP contribution in [0.3, 0.4) is 0 Å². The first-order chi connectivity index (χ1) is 6.64. The van der Waals surface area contributed by atoms with Crippen molar-refractivity contribution in [2.75, 3.05) is 0 Å². The van der Waals surface area contributed by atoms with Gasteiger partial charge in [0.15, 0.2) is 0 Å². The van der Waals surface area contributed by atoms with Crippen molar-refractivity contribution in [1.82, 2.24) is 0 Å². The van der Waals surface area contributed by atoms with Gasteiger partial charge in [-0.3, -0.25) is 0 Å². The zero-order valence-electron chi connectivity index (χ0n) is 8.12. The average Bonchev–Trinajstić information content (AvgIpc) is 1.99. The molecule has 1 rings (SSSR count). The van der Waals surface area contributed by atoms with E-state index in [1.807, 2.05) is 0 Å². The van der Waals surface area contributed by atoms with Gasteiger partial charge in [-0.1, -0.05) is 13.3 Å². The molecule has 15 heavy (non-hydrogen) atoms. The third-order valence-corrected chi connectivity index (χ3v) is 3.14. The van der Waals surface area contributed by atoms with Crippen molar-refractivity contribution in [3.8, 4) is 0 Å². The predicted molar refractivity (Wildman–Crippen MR) is 42.1 cm³/mol. The van der Waals surface area contributed by atoms with Gasteiger partial charge >= 0.3 is 12.4 Å². The smallest absolute Gasteiger partial charge is 0.171 e. The molecule has 0 aromatic carbocycles. The van der Waals surface area contributed by atoms with E-state index < -0.39 is 30.1 Å². The van der Waals surface area contributed by atoms with Gasteiger partial charge in [0, 0.05) is 0 Å². The highest BCUT2D eigenvalue weighted by Gasteiger charge is 2.53. The zero-order valence-corrected chi connectivity index (χ0v) is 8.12. The van der Waals surface area contributed by atoms with E-state index in [0.29, 0.717) is 0 Å². The van der Waals surface area contributed by atoms with Crippen LogP contribution in [0.15, 0.2) is 0 Å². The topological polar surface area (TPSA) is 0 Å². The second kappa shape index (κ2) is 3.87. The normalized spacial score (nSPS) is 34.2. The minimum atomic E-state index is -4.51. The molecule has 1 aliphatic carbocycles. The maximum absolute atomic E-state index is 12.4. The second-order valence-electron chi connectivity index (χ2n) is 4.09. The Kier molecular flexibility index (Phi) is 3.26. The van der Waals surface area contributed by atoms with Gasteiger partial charge in [-0.2, -0.15) is 26.3 Å². The Morgan fingerprint density at radius 2 is 1.13 bits per heavy atom. The minimum Gasteiger partial charge on any atom is -0.171 e. The summed E-state index contributed by atoms with van der Waals surface area (Å²) in [6.45, 7) is 1.05. The first kappa shape index (κ1) is 12.6. The molecular formula is C9H12F6. The largest absolute Gasteiger partial charge is 0.392 e. The van der Waals surface area contributed by atoms with Crippen LogP contribution in [0.4, 0.5) is 26.3 Å². The Hall–Kier alpha value is -0.420. The molecule has 3 atom stereocenters. The summed E-state index contributed by atoms with van der Waals surface area (Å²) in [7, 11) is 0. The molecule has 0 N–H and O–H groups in total. The van der Waals surface area contributed by atoms with Gasteiger partial charge in [-0.05, 0) is 18.8 Å². The van der Waals surface area contributed by atoms with E-state index in [4.69, 9.17) is 0 Å². The van der Waals surface area contributed by atoms with Crippen LogP contribution in [-0.2, 0) is 0 Å². The molecule has 1 aliphatic rings. The Morgan fingerprint density at radius 1 is 0.800 bits per heavy atom. The summed E-state index contributed by atoms with van der Waals surface area (Å²) in [5.74, 6) is -4.98. The lowest BCUT2D eigenvalue weighted by Crippen LogP contribution is -2.41. The summed E-state index contributed by atoms with van der Waals surface area (Å²) in [6.07, 6.45) is -9.39. The molecule has 1 unspecified atom stereocenters. The van der Waals surface area contributed by atoms with Crippen LogP contribution in [0.1, 0.15) is 26.2 Å². The summed E-state index contributed by atoms with van der Waals surface area (Å²) in [5, 5.41) is 0. The van der Waals surface area contributed by atoms with Gasteiger partial charge in [0.2, 0.25) is 0 Å². The standard InChI is InChI=1S/C9H12F6/c1-5-6(8(10,11)12)3-2-4-7(5)9(13,14)15/h5-7H,2-4H2,1H3/t5-,6+,7?/m0/s1. The SMILES string of the molecule is C[C@@H]1C(C(F)(F)F)CCC[C@H]1C(F)(F)F. The number of rotatable bonds is 0. The van der Waals surface area contributed by atoms with Gasteiger partial charge in [-0.15, -0.1) is 0 Å². The summed E-state index contributed by atoms with van der Waals surface area (Å²) >= 11 is 0. The molecule has 0 bridgehead atoms. The van der Waals surface area contributed by atoms with Crippen molar-refractivity contribution in [1.29, 1.82) is 0 Å². The fourth-order valence-electron chi connectivity index (χ4n) is 2.29. The third kappa shape index (κ3) is 2.78. The van der Waals surface area contributed by atoms with Crippen molar-refractivity contribution >= 4 is 0 Å². The maximum atomic E-state index is 12.4. The van der Waals surface area contributed by atoms with E-state index in [2.05, 4.69) is 0 Å². The highest BCUT2D eigenvalue weighted by atomic mass is 19.4. The Bertz CT molecular complexity index is 194. The predicted octanol–water partition coefficient (Wildman–Crippen LogP) is 4.16. The van der Waals surface area contributed by atoms with Crippen molar-refractivity contribution in [3.63, 3.8) is 0 Å². The van der Waals surface area contributed by atoms with Crippen molar-refractivity contribution in [2.24, 2.45) is 17.8 Å². The molecule has 0 nitrogen and oxygen atoms in total. The fraction of sp³-hybridized carbons (Fsp3) is 1.00. The van der Waals surface area contributed by atoms with Crippen molar-refractivity contribution in [3.05, 3.63) is 0 Å². The molecule has 6 heteroatoms. The van der Waals surface area contributed by atoms with Gasteiger partial charge < -0.3 is 0 Å². The molecule has 0 spiro atoms. The lowest BCUT2D eigenvalue weighted by atomic mass is 9.72. The lowest BCUT2D eigenvalue weighted by Gasteiger charge is -2.37. The molecule has 0 radical (unpaired) electrons. The van der Waals surface area contributed by atoms with Crippen molar-refractivity contribution < 1.29 is 26.3 Å². The summed E-state index contributed by atoms with van der Waals surface area (Å²) in [5.41, 5.74) is 0. The van der Waals surface area contributed by atoms with E-state index in [0.717, 1.165) is 6.92 Å². The van der Waals surface area contributed by atoms with Gasteiger partial charge in [0.1, 0.15) is 0 Å². The molecule has 0 saturated heterocycles. The van der Waals surface area contributed by atoms with Crippen LogP contribution in [0.2, 0.25) is 0 Å². The second-order valence-corrected chi connectivity index (χ2v) is 4.09. The van der Waals surface area contributed by atoms with Crippen molar-refractivity contribution in [2.45, 2.75) is 38.5 Å².